The number of carbonyl (C=O) groups is 2. The van der Waals surface area contributed by atoms with Crippen molar-refractivity contribution >= 4 is 11.9 Å². The third kappa shape index (κ3) is 8.83. The van der Waals surface area contributed by atoms with E-state index in [1.165, 1.54) is 0 Å². The summed E-state index contributed by atoms with van der Waals surface area (Å²) in [6, 6.07) is 17.4. The van der Waals surface area contributed by atoms with Gasteiger partial charge in [-0.3, -0.25) is 18.5 Å². The highest BCUT2D eigenvalue weighted by atomic mass is 16.5. The molecule has 14 rings (SSSR count). The molecule has 80 heavy (non-hydrogen) atoms. The van der Waals surface area contributed by atoms with Gasteiger partial charge in [0.25, 0.3) is 11.8 Å². The Kier molecular flexibility index (Phi) is 13.6. The second kappa shape index (κ2) is 21.1. The number of hydrogen-bond donors (Lipinski definition) is 3. The van der Waals surface area contributed by atoms with Crippen molar-refractivity contribution in [3.8, 4) is 62.4 Å². The van der Waals surface area contributed by atoms with Crippen molar-refractivity contribution in [2.75, 3.05) is 19.7 Å². The average Bonchev–Trinajstić information content (AvgIpc) is 4.37. The Balaban J connectivity index is 0.000000120. The molecule has 11 heterocycles. The lowest BCUT2D eigenvalue weighted by Gasteiger charge is -2.15. The minimum absolute atomic E-state index is 0.0148. The predicted octanol–water partition coefficient (Wildman–Crippen LogP) is 5.16. The molecule has 408 valence electrons. The first-order valence-electron chi connectivity index (χ1n) is 26.5. The summed E-state index contributed by atoms with van der Waals surface area (Å²) < 4.78 is 21.8. The fraction of sp³-hybridized carbons (Fsp3) is 0.327. The van der Waals surface area contributed by atoms with Crippen LogP contribution in [-0.4, -0.2) is 136 Å². The molecule has 0 aliphatic carbocycles. The first-order chi connectivity index (χ1) is 39.0. The first kappa shape index (κ1) is 51.4. The standard InChI is InChI=1S/C20H22N6O2.C18H17N7O2.C17H17N5O3/c1-2-15-19-14-9-13(11-27)5-6-16(14)25-12-21-18(17(25)10-26(19)23-22-15)20(28)24-7-3-4-8-24;1-3-13-17-12-6-11(8-26)4-5-14(12)24-9-19-16(18-20-10(2)22-27-18)15(24)7-25(17)23-21-13;1-3-25-17(24)15-14-7-22-16(10(2)19-20-22)12-6-11(8-23)4-5-13(12)21(14)9-18-15/h5-6,9,12,27H,2-4,7-8,10-11H2,1H3;4-6,9,26H,3,7-8H2,1-2H3;4-6,9,23H,3,7-8H2,1-2H3. The number of esters is 1. The largest absolute Gasteiger partial charge is 0.461 e. The van der Waals surface area contributed by atoms with Crippen LogP contribution in [0, 0.1) is 13.8 Å². The maximum Gasteiger partial charge on any atom is 0.358 e. The summed E-state index contributed by atoms with van der Waals surface area (Å²) in [5.74, 6) is 0.473. The van der Waals surface area contributed by atoms with Crippen LogP contribution in [0.1, 0.15) is 111 Å². The number of aryl methyl sites for hydroxylation is 4. The average molecular weight is 1080 g/mol. The Bertz CT molecular complexity index is 4000. The quantitative estimate of drug-likeness (QED) is 0.157. The van der Waals surface area contributed by atoms with Gasteiger partial charge >= 0.3 is 5.97 Å². The lowest BCUT2D eigenvalue weighted by Crippen LogP contribution is -2.29. The van der Waals surface area contributed by atoms with Gasteiger partial charge in [-0.15, -0.1) is 15.3 Å². The van der Waals surface area contributed by atoms with Crippen LogP contribution < -0.4 is 0 Å². The van der Waals surface area contributed by atoms with Crippen molar-refractivity contribution in [2.24, 2.45) is 0 Å². The van der Waals surface area contributed by atoms with Crippen molar-refractivity contribution in [3.05, 3.63) is 142 Å². The zero-order chi connectivity index (χ0) is 55.3. The number of carbonyl (C=O) groups excluding carboxylic acids is 2. The van der Waals surface area contributed by atoms with Gasteiger partial charge in [0.2, 0.25) is 0 Å². The van der Waals surface area contributed by atoms with Crippen molar-refractivity contribution in [3.63, 3.8) is 0 Å². The second-order valence-electron chi connectivity index (χ2n) is 19.6. The number of hydrogen-bond acceptors (Lipinski definition) is 18. The number of imidazole rings is 3. The number of fused-ring (bicyclic) bond motifs is 15. The fourth-order valence-corrected chi connectivity index (χ4v) is 10.9. The predicted molar refractivity (Wildman–Crippen MR) is 285 cm³/mol. The summed E-state index contributed by atoms with van der Waals surface area (Å²) in [5.41, 5.74) is 17.2. The van der Waals surface area contributed by atoms with Gasteiger partial charge in [-0.25, -0.2) is 33.8 Å². The Morgan fingerprint density at radius 3 is 1.59 bits per heavy atom. The molecule has 0 bridgehead atoms. The van der Waals surface area contributed by atoms with Gasteiger partial charge < -0.3 is 29.5 Å². The lowest BCUT2D eigenvalue weighted by atomic mass is 10.0. The summed E-state index contributed by atoms with van der Waals surface area (Å²) in [6.07, 6.45) is 8.71. The van der Waals surface area contributed by atoms with E-state index >= 15 is 0 Å². The number of aromatic nitrogens is 17. The molecule has 0 saturated carbocycles. The molecule has 0 atom stereocenters. The third-order valence-electron chi connectivity index (χ3n) is 14.8. The third-order valence-corrected chi connectivity index (χ3v) is 14.8. The maximum atomic E-state index is 13.0. The summed E-state index contributed by atoms with van der Waals surface area (Å²) in [6.45, 7) is 12.5. The number of aliphatic hydroxyl groups is 3. The van der Waals surface area contributed by atoms with E-state index < -0.39 is 5.97 Å². The van der Waals surface area contributed by atoms with Gasteiger partial charge in [0.05, 0.1) is 114 Å². The molecule has 0 unspecified atom stereocenters. The Morgan fingerprint density at radius 2 is 1.07 bits per heavy atom. The lowest BCUT2D eigenvalue weighted by molar-refractivity contribution is 0.0518. The molecule has 3 N–H and O–H groups in total. The molecule has 4 aliphatic rings. The molecule has 7 aromatic heterocycles. The molecule has 0 radical (unpaired) electrons. The zero-order valence-electron chi connectivity index (χ0n) is 44.6. The molecular weight excluding hydrogens is 1020 g/mol. The van der Waals surface area contributed by atoms with E-state index in [0.717, 1.165) is 135 Å². The SMILES string of the molecule is CCOC(=O)c1ncn2c1Cn1nnc(C)c1-c1cc(CO)ccc1-2.CCc1nnn2c1-c1cc(CO)ccc1-n1cnc(-c3nc(C)no3)c1C2.CCc1nnn2c1-c1cc(CO)ccc1-n1cnc(C(=O)N3CCCC3)c1C2. The Labute approximate surface area is 456 Å². The fourth-order valence-electron chi connectivity index (χ4n) is 10.9. The molecule has 1 amide bonds. The smallest absolute Gasteiger partial charge is 0.358 e. The van der Waals surface area contributed by atoms with Gasteiger partial charge in [-0.05, 0) is 99.5 Å². The van der Waals surface area contributed by atoms with E-state index in [-0.39, 0.29) is 38.0 Å². The van der Waals surface area contributed by atoms with Crippen molar-refractivity contribution in [1.29, 1.82) is 0 Å². The minimum atomic E-state index is -0.454. The van der Waals surface area contributed by atoms with Crippen LogP contribution in [-0.2, 0) is 57.0 Å². The highest BCUT2D eigenvalue weighted by Gasteiger charge is 2.33. The number of benzene rings is 3. The summed E-state index contributed by atoms with van der Waals surface area (Å²) >= 11 is 0. The van der Waals surface area contributed by atoms with Crippen LogP contribution in [0.25, 0.3) is 62.4 Å². The Morgan fingerprint density at radius 1 is 0.600 bits per heavy atom. The first-order valence-corrected chi connectivity index (χ1v) is 26.5. The molecule has 4 aliphatic heterocycles. The molecule has 3 aromatic carbocycles. The van der Waals surface area contributed by atoms with Crippen molar-refractivity contribution in [1.82, 2.24) is 88.7 Å². The highest BCUT2D eigenvalue weighted by Crippen LogP contribution is 2.39. The summed E-state index contributed by atoms with van der Waals surface area (Å²) in [5, 5.41) is 58.4. The summed E-state index contributed by atoms with van der Waals surface area (Å²) in [4.78, 5) is 44.8. The van der Waals surface area contributed by atoms with E-state index in [1.807, 2.05) is 89.5 Å². The van der Waals surface area contributed by atoms with Crippen LogP contribution in [0.3, 0.4) is 0 Å². The highest BCUT2D eigenvalue weighted by molar-refractivity contribution is 5.94. The van der Waals surface area contributed by atoms with Crippen LogP contribution >= 0.6 is 0 Å². The van der Waals surface area contributed by atoms with Gasteiger partial charge in [0, 0.05) is 29.8 Å². The van der Waals surface area contributed by atoms with E-state index in [0.29, 0.717) is 48.4 Å². The van der Waals surface area contributed by atoms with Gasteiger partial charge in [0.15, 0.2) is 22.9 Å². The van der Waals surface area contributed by atoms with Gasteiger partial charge in [0.1, 0.15) is 19.0 Å². The van der Waals surface area contributed by atoms with Gasteiger partial charge in [-0.1, -0.05) is 52.8 Å². The molecule has 1 saturated heterocycles. The van der Waals surface area contributed by atoms with Crippen LogP contribution in [0.2, 0.25) is 0 Å². The number of likely N-dealkylation sites (tertiary alicyclic amines) is 1. The van der Waals surface area contributed by atoms with Crippen molar-refractivity contribution in [2.45, 2.75) is 99.8 Å². The number of ether oxygens (including phenoxy) is 1. The molecule has 10 aromatic rings. The molecular formula is C55H56N18O7. The normalized spacial score (nSPS) is 13.3. The number of aliphatic hydroxyl groups excluding tert-OH is 3. The molecule has 25 nitrogen and oxygen atoms in total. The van der Waals surface area contributed by atoms with E-state index in [4.69, 9.17) is 9.26 Å². The van der Waals surface area contributed by atoms with E-state index in [9.17, 15) is 24.9 Å². The van der Waals surface area contributed by atoms with Crippen LogP contribution in [0.5, 0.6) is 0 Å². The number of amides is 1. The van der Waals surface area contributed by atoms with Crippen molar-refractivity contribution < 1.29 is 34.2 Å². The Hall–Kier alpha value is -9.33. The van der Waals surface area contributed by atoms with E-state index in [2.05, 4.69) is 69.9 Å². The minimum Gasteiger partial charge on any atom is -0.461 e. The monoisotopic (exact) mass is 1080 g/mol. The van der Waals surface area contributed by atoms with E-state index in [1.54, 1.807) is 37.5 Å². The molecule has 25 heteroatoms. The second-order valence-corrected chi connectivity index (χ2v) is 19.6. The number of rotatable bonds is 9. The van der Waals surface area contributed by atoms with Crippen LogP contribution in [0.4, 0.5) is 0 Å². The van der Waals surface area contributed by atoms with Crippen LogP contribution in [0.15, 0.2) is 78.1 Å². The molecule has 1 fully saturated rings. The topological polar surface area (TPSA) is 292 Å². The number of nitrogens with zero attached hydrogens (tertiary/aromatic N) is 18. The van der Waals surface area contributed by atoms with Gasteiger partial charge in [-0.2, -0.15) is 4.98 Å². The summed E-state index contributed by atoms with van der Waals surface area (Å²) in [7, 11) is 0. The molecule has 0 spiro atoms. The zero-order valence-corrected chi connectivity index (χ0v) is 44.6. The maximum absolute atomic E-state index is 13.0.